The molecule has 0 aromatic rings. The van der Waals surface area contributed by atoms with E-state index in [1.165, 1.54) is 0 Å². The molecule has 4 nitrogen and oxygen atoms in total. The van der Waals surface area contributed by atoms with Crippen LogP contribution < -0.4 is 5.32 Å². The highest BCUT2D eigenvalue weighted by atomic mass is 16.5. The summed E-state index contributed by atoms with van der Waals surface area (Å²) in [5.41, 5.74) is 0.364. The van der Waals surface area contributed by atoms with Gasteiger partial charge in [-0.3, -0.25) is 4.90 Å². The lowest BCUT2D eigenvalue weighted by Crippen LogP contribution is -2.56. The summed E-state index contributed by atoms with van der Waals surface area (Å²) < 4.78 is 11.8. The van der Waals surface area contributed by atoms with Gasteiger partial charge in [-0.05, 0) is 48.0 Å². The molecule has 2 rings (SSSR count). The summed E-state index contributed by atoms with van der Waals surface area (Å²) in [6.07, 6.45) is 1.46. The lowest BCUT2D eigenvalue weighted by molar-refractivity contribution is -0.135. The molecular weight excluding hydrogens is 264 g/mol. The summed E-state index contributed by atoms with van der Waals surface area (Å²) in [4.78, 5) is 2.58. The Morgan fingerprint density at radius 2 is 2.00 bits per heavy atom. The molecule has 0 amide bonds. The Kier molecular flexibility index (Phi) is 5.04. The molecule has 4 heteroatoms. The topological polar surface area (TPSA) is 33.7 Å². The van der Waals surface area contributed by atoms with Gasteiger partial charge in [-0.2, -0.15) is 0 Å². The minimum Gasteiger partial charge on any atom is -0.381 e. The molecule has 0 saturated carbocycles. The Bertz CT molecular complexity index is 343. The first-order valence-corrected chi connectivity index (χ1v) is 8.32. The molecule has 0 aromatic heterocycles. The zero-order chi connectivity index (χ0) is 15.7. The van der Waals surface area contributed by atoms with Crippen LogP contribution in [0.2, 0.25) is 0 Å². The minimum absolute atomic E-state index is 0.0459. The first-order chi connectivity index (χ1) is 9.59. The fourth-order valence-electron chi connectivity index (χ4n) is 3.60. The van der Waals surface area contributed by atoms with Gasteiger partial charge in [-0.15, -0.1) is 0 Å². The van der Waals surface area contributed by atoms with Crippen LogP contribution in [0.5, 0.6) is 0 Å². The fraction of sp³-hybridized carbons (Fsp3) is 1.00. The largest absolute Gasteiger partial charge is 0.381 e. The first-order valence-electron chi connectivity index (χ1n) is 8.32. The van der Waals surface area contributed by atoms with Crippen LogP contribution in [0.15, 0.2) is 0 Å². The number of rotatable bonds is 4. The van der Waals surface area contributed by atoms with Crippen molar-refractivity contribution in [1.82, 2.24) is 10.2 Å². The van der Waals surface area contributed by atoms with Crippen molar-refractivity contribution in [2.75, 3.05) is 39.4 Å². The van der Waals surface area contributed by atoms with Gasteiger partial charge < -0.3 is 14.8 Å². The van der Waals surface area contributed by atoms with E-state index < -0.39 is 0 Å². The molecule has 0 bridgehead atoms. The van der Waals surface area contributed by atoms with Crippen molar-refractivity contribution in [3.8, 4) is 0 Å². The molecule has 0 spiro atoms. The number of hydrogen-bond donors (Lipinski definition) is 1. The monoisotopic (exact) mass is 298 g/mol. The van der Waals surface area contributed by atoms with Gasteiger partial charge in [0, 0.05) is 43.7 Å². The standard InChI is InChI=1S/C17H34N2O2/c1-14-9-19(11-16(5,6)21-14)12-17(7-8-20-13-17)10-18-15(2,3)4/h14,18H,7-13H2,1-6H3. The Morgan fingerprint density at radius 1 is 1.29 bits per heavy atom. The minimum atomic E-state index is -0.0459. The Hall–Kier alpha value is -0.160. The van der Waals surface area contributed by atoms with Crippen LogP contribution in [0.4, 0.5) is 0 Å². The third-order valence-electron chi connectivity index (χ3n) is 4.38. The van der Waals surface area contributed by atoms with Gasteiger partial charge in [-0.1, -0.05) is 0 Å². The molecule has 2 saturated heterocycles. The second kappa shape index (κ2) is 6.15. The van der Waals surface area contributed by atoms with Crippen molar-refractivity contribution < 1.29 is 9.47 Å². The van der Waals surface area contributed by atoms with E-state index in [0.29, 0.717) is 6.10 Å². The van der Waals surface area contributed by atoms with Crippen LogP contribution in [0.3, 0.4) is 0 Å². The van der Waals surface area contributed by atoms with Crippen LogP contribution in [-0.4, -0.2) is 61.5 Å². The second-order valence-corrected chi connectivity index (χ2v) is 8.76. The average Bonchev–Trinajstić information content (AvgIpc) is 2.72. The van der Waals surface area contributed by atoms with Gasteiger partial charge in [0.1, 0.15) is 0 Å². The van der Waals surface area contributed by atoms with Gasteiger partial charge in [0.05, 0.1) is 18.3 Å². The first kappa shape index (κ1) is 17.2. The van der Waals surface area contributed by atoms with Crippen molar-refractivity contribution in [2.24, 2.45) is 5.41 Å². The molecular formula is C17H34N2O2. The average molecular weight is 298 g/mol. The molecule has 2 aliphatic rings. The maximum absolute atomic E-state index is 6.03. The molecule has 2 aliphatic heterocycles. The lowest BCUT2D eigenvalue weighted by Gasteiger charge is -2.45. The molecule has 2 unspecified atom stereocenters. The van der Waals surface area contributed by atoms with Crippen molar-refractivity contribution in [2.45, 2.75) is 65.2 Å². The third-order valence-corrected chi connectivity index (χ3v) is 4.38. The van der Waals surface area contributed by atoms with Gasteiger partial charge >= 0.3 is 0 Å². The highest BCUT2D eigenvalue weighted by molar-refractivity contribution is 4.93. The van der Waals surface area contributed by atoms with Crippen molar-refractivity contribution in [3.05, 3.63) is 0 Å². The van der Waals surface area contributed by atoms with Crippen molar-refractivity contribution >= 4 is 0 Å². The van der Waals surface area contributed by atoms with Crippen LogP contribution in [-0.2, 0) is 9.47 Å². The summed E-state index contributed by atoms with van der Waals surface area (Å²) in [5.74, 6) is 0. The third kappa shape index (κ3) is 5.20. The predicted octanol–water partition coefficient (Wildman–Crippen LogP) is 2.28. The van der Waals surface area contributed by atoms with E-state index in [9.17, 15) is 0 Å². The summed E-state index contributed by atoms with van der Waals surface area (Å²) in [6, 6.07) is 0. The maximum Gasteiger partial charge on any atom is 0.0757 e. The van der Waals surface area contributed by atoms with Gasteiger partial charge in [-0.25, -0.2) is 0 Å². The Balaban J connectivity index is 1.99. The van der Waals surface area contributed by atoms with Crippen LogP contribution in [0.1, 0.15) is 48.0 Å². The normalized spacial score (nSPS) is 34.3. The van der Waals surface area contributed by atoms with E-state index in [4.69, 9.17) is 9.47 Å². The quantitative estimate of drug-likeness (QED) is 0.863. The van der Waals surface area contributed by atoms with Crippen molar-refractivity contribution in [1.29, 1.82) is 0 Å². The molecule has 2 atom stereocenters. The highest BCUT2D eigenvalue weighted by Gasteiger charge is 2.40. The SMILES string of the molecule is CC1CN(CC2(CNC(C)(C)C)CCOC2)CC(C)(C)O1. The molecule has 124 valence electrons. The van der Waals surface area contributed by atoms with E-state index >= 15 is 0 Å². The zero-order valence-corrected chi connectivity index (χ0v) is 14.8. The van der Waals surface area contributed by atoms with E-state index in [2.05, 4.69) is 51.8 Å². The number of nitrogens with zero attached hydrogens (tertiary/aromatic N) is 1. The number of ether oxygens (including phenoxy) is 2. The predicted molar refractivity (Wildman–Crippen MR) is 86.7 cm³/mol. The molecule has 2 fully saturated rings. The Labute approximate surface area is 130 Å². The highest BCUT2D eigenvalue weighted by Crippen LogP contribution is 2.32. The van der Waals surface area contributed by atoms with E-state index in [0.717, 1.165) is 45.8 Å². The lowest BCUT2D eigenvalue weighted by atomic mass is 9.85. The number of nitrogens with one attached hydrogen (secondary N) is 1. The maximum atomic E-state index is 6.03. The van der Waals surface area contributed by atoms with Gasteiger partial charge in [0.25, 0.3) is 0 Å². The molecule has 0 aromatic carbocycles. The molecule has 21 heavy (non-hydrogen) atoms. The smallest absolute Gasteiger partial charge is 0.0757 e. The summed E-state index contributed by atoms with van der Waals surface area (Å²) >= 11 is 0. The zero-order valence-electron chi connectivity index (χ0n) is 14.8. The molecule has 0 aliphatic carbocycles. The van der Waals surface area contributed by atoms with Crippen LogP contribution >= 0.6 is 0 Å². The summed E-state index contributed by atoms with van der Waals surface area (Å²) in [5, 5.41) is 3.69. The summed E-state index contributed by atoms with van der Waals surface area (Å²) in [6.45, 7) is 19.2. The van der Waals surface area contributed by atoms with E-state index in [-0.39, 0.29) is 16.6 Å². The fourth-order valence-corrected chi connectivity index (χ4v) is 3.60. The van der Waals surface area contributed by atoms with Gasteiger partial charge in [0.15, 0.2) is 0 Å². The van der Waals surface area contributed by atoms with Crippen LogP contribution in [0.25, 0.3) is 0 Å². The van der Waals surface area contributed by atoms with Crippen LogP contribution in [0, 0.1) is 5.41 Å². The summed E-state index contributed by atoms with van der Waals surface area (Å²) in [7, 11) is 0. The number of morpholine rings is 1. The van der Waals surface area contributed by atoms with E-state index in [1.807, 2.05) is 0 Å². The second-order valence-electron chi connectivity index (χ2n) is 8.76. The Morgan fingerprint density at radius 3 is 2.52 bits per heavy atom. The molecule has 2 heterocycles. The van der Waals surface area contributed by atoms with Gasteiger partial charge in [0.2, 0.25) is 0 Å². The molecule has 1 N–H and O–H groups in total. The molecule has 0 radical (unpaired) electrons. The van der Waals surface area contributed by atoms with Crippen molar-refractivity contribution in [3.63, 3.8) is 0 Å². The number of hydrogen-bond acceptors (Lipinski definition) is 4. The van der Waals surface area contributed by atoms with E-state index in [1.54, 1.807) is 0 Å².